The lowest BCUT2D eigenvalue weighted by molar-refractivity contribution is 0.825. The van der Waals surface area contributed by atoms with E-state index in [1.54, 1.807) is 6.08 Å². The number of fused-ring (bicyclic) bond motifs is 1. The molecule has 0 saturated heterocycles. The Labute approximate surface area is 106 Å². The van der Waals surface area contributed by atoms with Crippen molar-refractivity contribution in [1.82, 2.24) is 9.55 Å². The maximum Gasteiger partial charge on any atom is 0.140 e. The smallest absolute Gasteiger partial charge is 0.140 e. The van der Waals surface area contributed by atoms with E-state index in [1.165, 1.54) is 5.56 Å². The van der Waals surface area contributed by atoms with E-state index in [9.17, 15) is 0 Å². The molecule has 0 unspecified atom stereocenters. The van der Waals surface area contributed by atoms with Gasteiger partial charge >= 0.3 is 0 Å². The Balaban J connectivity index is 2.04. The van der Waals surface area contributed by atoms with Crippen molar-refractivity contribution in [1.29, 1.82) is 0 Å². The van der Waals surface area contributed by atoms with Gasteiger partial charge in [-0.3, -0.25) is 0 Å². The summed E-state index contributed by atoms with van der Waals surface area (Å²) in [5.74, 6) is 0. The van der Waals surface area contributed by atoms with Crippen molar-refractivity contribution in [2.45, 2.75) is 6.54 Å². The normalized spacial score (nSPS) is 10.7. The number of hydrogen-bond donors (Lipinski definition) is 0. The number of benzene rings is 1. The minimum absolute atomic E-state index is 0.845. The summed E-state index contributed by atoms with van der Waals surface area (Å²) in [6, 6.07) is 16.6. The average Bonchev–Trinajstić information content (AvgIpc) is 2.82. The van der Waals surface area contributed by atoms with Crippen LogP contribution in [0.2, 0.25) is 0 Å². The van der Waals surface area contributed by atoms with Gasteiger partial charge in [-0.15, -0.1) is 0 Å². The van der Waals surface area contributed by atoms with Crippen LogP contribution < -0.4 is 0 Å². The van der Waals surface area contributed by atoms with Crippen LogP contribution in [-0.4, -0.2) is 9.55 Å². The van der Waals surface area contributed by atoms with Crippen LogP contribution in [0.25, 0.3) is 17.1 Å². The van der Waals surface area contributed by atoms with Crippen molar-refractivity contribution in [2.24, 2.45) is 0 Å². The number of hydrogen-bond acceptors (Lipinski definition) is 1. The second-order valence-corrected chi connectivity index (χ2v) is 4.28. The van der Waals surface area contributed by atoms with E-state index >= 15 is 0 Å². The van der Waals surface area contributed by atoms with Gasteiger partial charge in [-0.2, -0.15) is 0 Å². The molecule has 0 bridgehead atoms. The summed E-state index contributed by atoms with van der Waals surface area (Å²) in [6.45, 7) is 4.61. The average molecular weight is 234 g/mol. The van der Waals surface area contributed by atoms with Gasteiger partial charge in [-0.25, -0.2) is 4.98 Å². The van der Waals surface area contributed by atoms with Gasteiger partial charge < -0.3 is 4.57 Å². The van der Waals surface area contributed by atoms with E-state index in [2.05, 4.69) is 58.7 Å². The van der Waals surface area contributed by atoms with E-state index < -0.39 is 0 Å². The van der Waals surface area contributed by atoms with Gasteiger partial charge in [-0.1, -0.05) is 36.9 Å². The van der Waals surface area contributed by atoms with Crippen molar-refractivity contribution < 1.29 is 0 Å². The molecule has 3 aromatic rings. The highest BCUT2D eigenvalue weighted by Gasteiger charge is 2.03. The lowest BCUT2D eigenvalue weighted by atomic mass is 10.2. The molecule has 0 N–H and O–H groups in total. The molecule has 1 aromatic carbocycles. The highest BCUT2D eigenvalue weighted by molar-refractivity contribution is 5.77. The third-order valence-electron chi connectivity index (χ3n) is 3.04. The minimum atomic E-state index is 0.845. The van der Waals surface area contributed by atoms with Gasteiger partial charge in [0.15, 0.2) is 0 Å². The third-order valence-corrected chi connectivity index (χ3v) is 3.04. The molecule has 2 heterocycles. The van der Waals surface area contributed by atoms with Gasteiger partial charge in [0, 0.05) is 18.1 Å². The fraction of sp³-hybridized carbons (Fsp3) is 0.0625. The summed E-state index contributed by atoms with van der Waals surface area (Å²) in [5.41, 5.74) is 3.20. The molecule has 0 amide bonds. The molecule has 0 atom stereocenters. The molecule has 0 aliphatic rings. The topological polar surface area (TPSA) is 17.8 Å². The number of nitrogens with zero attached hydrogens (tertiary/aromatic N) is 2. The SMILES string of the molecule is C=Cc1ccc2ccn(Cc3ccccc3)c2n1. The zero-order valence-corrected chi connectivity index (χ0v) is 10.1. The van der Waals surface area contributed by atoms with Crippen LogP contribution in [0.4, 0.5) is 0 Å². The van der Waals surface area contributed by atoms with E-state index in [1.807, 2.05) is 12.1 Å². The van der Waals surface area contributed by atoms with E-state index in [0.717, 1.165) is 23.3 Å². The van der Waals surface area contributed by atoms with Crippen LogP contribution in [0.15, 0.2) is 61.3 Å². The molecule has 3 rings (SSSR count). The Kier molecular flexibility index (Phi) is 2.69. The zero-order chi connectivity index (χ0) is 12.4. The van der Waals surface area contributed by atoms with Crippen molar-refractivity contribution in [3.8, 4) is 0 Å². The first-order valence-corrected chi connectivity index (χ1v) is 5.99. The third kappa shape index (κ3) is 1.93. The predicted octanol–water partition coefficient (Wildman–Crippen LogP) is 3.73. The predicted molar refractivity (Wildman–Crippen MR) is 75.4 cm³/mol. The molecule has 2 nitrogen and oxygen atoms in total. The van der Waals surface area contributed by atoms with E-state index in [-0.39, 0.29) is 0 Å². The molecule has 0 spiro atoms. The highest BCUT2D eigenvalue weighted by Crippen LogP contribution is 2.16. The van der Waals surface area contributed by atoms with Crippen LogP contribution in [0.1, 0.15) is 11.3 Å². The molecular weight excluding hydrogens is 220 g/mol. The lowest BCUT2D eigenvalue weighted by Crippen LogP contribution is -1.99. The standard InChI is InChI=1S/C16H14N2/c1-2-15-9-8-14-10-11-18(16(14)17-15)12-13-6-4-3-5-7-13/h2-11H,1,12H2. The molecule has 18 heavy (non-hydrogen) atoms. The fourth-order valence-electron chi connectivity index (χ4n) is 2.10. The van der Waals surface area contributed by atoms with Gasteiger partial charge in [-0.05, 0) is 29.8 Å². The number of aromatic nitrogens is 2. The number of pyridine rings is 1. The van der Waals surface area contributed by atoms with Crippen molar-refractivity contribution >= 4 is 17.1 Å². The van der Waals surface area contributed by atoms with Crippen molar-refractivity contribution in [3.63, 3.8) is 0 Å². The largest absolute Gasteiger partial charge is 0.328 e. The van der Waals surface area contributed by atoms with Crippen LogP contribution in [-0.2, 0) is 6.54 Å². The van der Waals surface area contributed by atoms with Gasteiger partial charge in [0.1, 0.15) is 5.65 Å². The summed E-state index contributed by atoms with van der Waals surface area (Å²) in [5, 5.41) is 1.16. The second kappa shape index (κ2) is 4.49. The highest BCUT2D eigenvalue weighted by atomic mass is 15.0. The van der Waals surface area contributed by atoms with Crippen LogP contribution in [0.5, 0.6) is 0 Å². The molecule has 0 radical (unpaired) electrons. The maximum absolute atomic E-state index is 4.59. The Bertz CT molecular complexity index is 681. The fourth-order valence-corrected chi connectivity index (χ4v) is 2.10. The summed E-state index contributed by atoms with van der Waals surface area (Å²) in [7, 11) is 0. The minimum Gasteiger partial charge on any atom is -0.328 e. The molecule has 88 valence electrons. The summed E-state index contributed by atoms with van der Waals surface area (Å²) >= 11 is 0. The maximum atomic E-state index is 4.59. The van der Waals surface area contributed by atoms with Gasteiger partial charge in [0.25, 0.3) is 0 Å². The van der Waals surface area contributed by atoms with Crippen molar-refractivity contribution in [3.05, 3.63) is 72.6 Å². The zero-order valence-electron chi connectivity index (χ0n) is 10.1. The second-order valence-electron chi connectivity index (χ2n) is 4.28. The quantitative estimate of drug-likeness (QED) is 0.675. The van der Waals surface area contributed by atoms with Gasteiger partial charge in [0.05, 0.1) is 5.69 Å². The molecule has 0 saturated carbocycles. The number of rotatable bonds is 3. The van der Waals surface area contributed by atoms with Crippen LogP contribution in [0, 0.1) is 0 Å². The molecule has 0 aliphatic carbocycles. The van der Waals surface area contributed by atoms with Crippen LogP contribution >= 0.6 is 0 Å². The first-order valence-electron chi connectivity index (χ1n) is 5.99. The summed E-state index contributed by atoms with van der Waals surface area (Å²) in [4.78, 5) is 4.59. The van der Waals surface area contributed by atoms with Gasteiger partial charge in [0.2, 0.25) is 0 Å². The first-order chi connectivity index (χ1) is 8.86. The summed E-state index contributed by atoms with van der Waals surface area (Å²) < 4.78 is 2.16. The Hall–Kier alpha value is -2.35. The molecule has 0 fully saturated rings. The molecule has 2 heteroatoms. The Morgan fingerprint density at radius 1 is 1.06 bits per heavy atom. The Morgan fingerprint density at radius 2 is 1.89 bits per heavy atom. The first kappa shape index (κ1) is 10.8. The molecular formula is C16H14N2. The van der Waals surface area contributed by atoms with E-state index in [0.29, 0.717) is 0 Å². The van der Waals surface area contributed by atoms with Crippen LogP contribution in [0.3, 0.4) is 0 Å². The van der Waals surface area contributed by atoms with E-state index in [4.69, 9.17) is 0 Å². The summed E-state index contributed by atoms with van der Waals surface area (Å²) in [6.07, 6.45) is 3.86. The monoisotopic (exact) mass is 234 g/mol. The Morgan fingerprint density at radius 3 is 2.67 bits per heavy atom. The lowest BCUT2D eigenvalue weighted by Gasteiger charge is -2.05. The molecule has 2 aromatic heterocycles. The van der Waals surface area contributed by atoms with Crippen molar-refractivity contribution in [2.75, 3.05) is 0 Å². The molecule has 0 aliphatic heterocycles.